The molecule has 1 N–H and O–H groups in total. The van der Waals surface area contributed by atoms with Crippen LogP contribution in [0.5, 0.6) is 0 Å². The maximum Gasteiger partial charge on any atom is 0.279 e. The standard InChI is InChI=1S/C13H9BrN4O5/c1-7-10(4-9(17(20)21)5-11(7)18(22)23)13(19)16-12-3-2-8(14)6-15-12/h2-6H,1H3,(H,15,16,19). The molecule has 0 atom stereocenters. The van der Waals surface area contributed by atoms with Crippen LogP contribution in [0.1, 0.15) is 15.9 Å². The zero-order valence-corrected chi connectivity index (χ0v) is 13.2. The molecule has 118 valence electrons. The number of hydrogen-bond donors (Lipinski definition) is 1. The van der Waals surface area contributed by atoms with Crippen molar-refractivity contribution in [3.8, 4) is 0 Å². The van der Waals surface area contributed by atoms with E-state index in [9.17, 15) is 25.0 Å². The van der Waals surface area contributed by atoms with Crippen LogP contribution in [0.2, 0.25) is 0 Å². The van der Waals surface area contributed by atoms with E-state index in [-0.39, 0.29) is 16.9 Å². The van der Waals surface area contributed by atoms with Crippen molar-refractivity contribution in [2.45, 2.75) is 6.92 Å². The first-order valence-electron chi connectivity index (χ1n) is 6.16. The molecule has 0 aliphatic carbocycles. The predicted octanol–water partition coefficient (Wildman–Crippen LogP) is 3.22. The molecule has 2 aromatic rings. The molecule has 0 aliphatic rings. The zero-order valence-electron chi connectivity index (χ0n) is 11.6. The third-order valence-electron chi connectivity index (χ3n) is 2.99. The molecular weight excluding hydrogens is 372 g/mol. The van der Waals surface area contributed by atoms with Gasteiger partial charge in [0.15, 0.2) is 0 Å². The molecule has 1 aromatic carbocycles. The first-order chi connectivity index (χ1) is 10.8. The Morgan fingerprint density at radius 2 is 1.91 bits per heavy atom. The lowest BCUT2D eigenvalue weighted by atomic mass is 10.0. The average molecular weight is 381 g/mol. The lowest BCUT2D eigenvalue weighted by molar-refractivity contribution is -0.394. The molecule has 0 radical (unpaired) electrons. The largest absolute Gasteiger partial charge is 0.307 e. The van der Waals surface area contributed by atoms with Gasteiger partial charge in [-0.1, -0.05) is 0 Å². The van der Waals surface area contributed by atoms with E-state index in [1.165, 1.54) is 19.2 Å². The molecule has 0 unspecified atom stereocenters. The van der Waals surface area contributed by atoms with E-state index < -0.39 is 27.1 Å². The SMILES string of the molecule is Cc1c(C(=O)Nc2ccc(Br)cn2)cc([N+](=O)[O-])cc1[N+](=O)[O-]. The van der Waals surface area contributed by atoms with Crippen molar-refractivity contribution < 1.29 is 14.6 Å². The van der Waals surface area contributed by atoms with Crippen molar-refractivity contribution >= 4 is 39.0 Å². The number of carbonyl (C=O) groups excluding carboxylic acids is 1. The summed E-state index contributed by atoms with van der Waals surface area (Å²) in [6.07, 6.45) is 1.46. The molecular formula is C13H9BrN4O5. The van der Waals surface area contributed by atoms with Crippen LogP contribution < -0.4 is 5.32 Å². The van der Waals surface area contributed by atoms with Gasteiger partial charge in [0.1, 0.15) is 5.82 Å². The molecule has 1 heterocycles. The summed E-state index contributed by atoms with van der Waals surface area (Å²) in [7, 11) is 0. The van der Waals surface area contributed by atoms with Crippen molar-refractivity contribution in [3.63, 3.8) is 0 Å². The number of nitrogens with one attached hydrogen (secondary N) is 1. The highest BCUT2D eigenvalue weighted by Gasteiger charge is 2.24. The summed E-state index contributed by atoms with van der Waals surface area (Å²) in [5, 5.41) is 24.3. The molecule has 0 spiro atoms. The molecule has 1 amide bonds. The maximum absolute atomic E-state index is 12.3. The van der Waals surface area contributed by atoms with Crippen molar-refractivity contribution in [1.29, 1.82) is 0 Å². The second-order valence-corrected chi connectivity index (χ2v) is 5.38. The van der Waals surface area contributed by atoms with Gasteiger partial charge >= 0.3 is 0 Å². The number of nitro benzene ring substituents is 2. The van der Waals surface area contributed by atoms with Gasteiger partial charge in [0.05, 0.1) is 21.5 Å². The van der Waals surface area contributed by atoms with Crippen LogP contribution in [0.3, 0.4) is 0 Å². The van der Waals surface area contributed by atoms with Crippen molar-refractivity contribution in [1.82, 2.24) is 4.98 Å². The molecule has 0 bridgehead atoms. The molecule has 1 aromatic heterocycles. The topological polar surface area (TPSA) is 128 Å². The van der Waals surface area contributed by atoms with E-state index in [1.54, 1.807) is 6.07 Å². The number of amides is 1. The number of carbonyl (C=O) groups is 1. The highest BCUT2D eigenvalue weighted by atomic mass is 79.9. The molecule has 0 saturated heterocycles. The van der Waals surface area contributed by atoms with E-state index >= 15 is 0 Å². The second kappa shape index (κ2) is 6.48. The number of nitro groups is 2. The number of halogens is 1. The quantitative estimate of drug-likeness (QED) is 0.640. The minimum Gasteiger partial charge on any atom is -0.307 e. The van der Waals surface area contributed by atoms with Gasteiger partial charge in [0.25, 0.3) is 17.3 Å². The van der Waals surface area contributed by atoms with Crippen LogP contribution in [0.15, 0.2) is 34.9 Å². The molecule has 9 nitrogen and oxygen atoms in total. The van der Waals surface area contributed by atoms with Gasteiger partial charge in [-0.05, 0) is 35.0 Å². The van der Waals surface area contributed by atoms with E-state index in [0.29, 0.717) is 4.47 Å². The minimum absolute atomic E-state index is 0.0372. The van der Waals surface area contributed by atoms with Crippen LogP contribution >= 0.6 is 15.9 Å². The zero-order chi connectivity index (χ0) is 17.1. The Morgan fingerprint density at radius 1 is 1.22 bits per heavy atom. The van der Waals surface area contributed by atoms with E-state index in [4.69, 9.17) is 0 Å². The van der Waals surface area contributed by atoms with Gasteiger partial charge < -0.3 is 5.32 Å². The summed E-state index contributed by atoms with van der Waals surface area (Å²) in [5.74, 6) is -0.504. The number of benzene rings is 1. The molecule has 0 aliphatic heterocycles. The summed E-state index contributed by atoms with van der Waals surface area (Å²) in [6, 6.07) is 4.98. The normalized spacial score (nSPS) is 10.2. The van der Waals surface area contributed by atoms with E-state index in [2.05, 4.69) is 26.2 Å². The van der Waals surface area contributed by atoms with Gasteiger partial charge in [-0.2, -0.15) is 0 Å². The van der Waals surface area contributed by atoms with Gasteiger partial charge in [0.2, 0.25) is 0 Å². The molecule has 2 rings (SSSR count). The lowest BCUT2D eigenvalue weighted by Gasteiger charge is -2.07. The molecule has 0 saturated carbocycles. The summed E-state index contributed by atoms with van der Waals surface area (Å²) in [4.78, 5) is 36.5. The van der Waals surface area contributed by atoms with Crippen LogP contribution in [0, 0.1) is 27.2 Å². The lowest BCUT2D eigenvalue weighted by Crippen LogP contribution is -2.15. The Balaban J connectivity index is 2.44. The van der Waals surface area contributed by atoms with Crippen molar-refractivity contribution in [3.05, 3.63) is 66.3 Å². The Labute approximate surface area is 137 Å². The predicted molar refractivity (Wildman–Crippen MR) is 84.4 cm³/mol. The summed E-state index contributed by atoms with van der Waals surface area (Å²) >= 11 is 3.19. The van der Waals surface area contributed by atoms with E-state index in [1.807, 2.05) is 0 Å². The van der Waals surface area contributed by atoms with Crippen LogP contribution in [0.25, 0.3) is 0 Å². The second-order valence-electron chi connectivity index (χ2n) is 4.47. The highest BCUT2D eigenvalue weighted by molar-refractivity contribution is 9.10. The number of rotatable bonds is 4. The molecule has 10 heteroatoms. The first kappa shape index (κ1) is 16.5. The molecule has 23 heavy (non-hydrogen) atoms. The van der Waals surface area contributed by atoms with Crippen molar-refractivity contribution in [2.75, 3.05) is 5.32 Å². The number of hydrogen-bond acceptors (Lipinski definition) is 6. The fourth-order valence-electron chi connectivity index (χ4n) is 1.85. The van der Waals surface area contributed by atoms with Gasteiger partial charge in [0, 0.05) is 22.3 Å². The van der Waals surface area contributed by atoms with Gasteiger partial charge in [-0.3, -0.25) is 25.0 Å². The van der Waals surface area contributed by atoms with Crippen LogP contribution in [0.4, 0.5) is 17.2 Å². The van der Waals surface area contributed by atoms with Crippen LogP contribution in [-0.4, -0.2) is 20.7 Å². The molecule has 0 fully saturated rings. The average Bonchev–Trinajstić information content (AvgIpc) is 2.49. The Bertz CT molecular complexity index is 807. The fourth-order valence-corrected chi connectivity index (χ4v) is 2.08. The summed E-state index contributed by atoms with van der Waals surface area (Å²) in [6.45, 7) is 1.35. The number of non-ortho nitro benzene ring substituents is 1. The van der Waals surface area contributed by atoms with Crippen LogP contribution in [-0.2, 0) is 0 Å². The number of nitrogens with zero attached hydrogens (tertiary/aromatic N) is 3. The number of anilines is 1. The fraction of sp³-hybridized carbons (Fsp3) is 0.0769. The minimum atomic E-state index is -0.791. The number of pyridine rings is 1. The number of aromatic nitrogens is 1. The van der Waals surface area contributed by atoms with Gasteiger partial charge in [-0.25, -0.2) is 4.98 Å². The Hall–Kier alpha value is -2.88. The smallest absolute Gasteiger partial charge is 0.279 e. The van der Waals surface area contributed by atoms with Crippen molar-refractivity contribution in [2.24, 2.45) is 0 Å². The van der Waals surface area contributed by atoms with Gasteiger partial charge in [-0.15, -0.1) is 0 Å². The Kier molecular flexibility index (Phi) is 4.65. The third kappa shape index (κ3) is 3.66. The highest BCUT2D eigenvalue weighted by Crippen LogP contribution is 2.28. The Morgan fingerprint density at radius 3 is 2.43 bits per heavy atom. The summed E-state index contributed by atoms with van der Waals surface area (Å²) in [5.41, 5.74) is -1.14. The maximum atomic E-state index is 12.3. The third-order valence-corrected chi connectivity index (χ3v) is 3.46. The summed E-state index contributed by atoms with van der Waals surface area (Å²) < 4.78 is 0.706. The monoisotopic (exact) mass is 380 g/mol. The first-order valence-corrected chi connectivity index (χ1v) is 6.95. The van der Waals surface area contributed by atoms with E-state index in [0.717, 1.165) is 12.1 Å².